The quantitative estimate of drug-likeness (QED) is 0.302. The maximum absolute atomic E-state index is 12.9. The van der Waals surface area contributed by atoms with Gasteiger partial charge in [0, 0.05) is 24.6 Å². The molecule has 0 spiro atoms. The van der Waals surface area contributed by atoms with Crippen LogP contribution in [0.1, 0.15) is 33.1 Å². The molecule has 0 fully saturated rings. The number of aromatic amines is 1. The molecule has 1 aliphatic heterocycles. The number of anilines is 1. The number of aromatic nitrogens is 3. The SMILES string of the molecule is CN1C(=S)[C@@H](NC(=O)c2n[nH]c(Cc3ccccc3)n2)COc2ccc(C#Cc3ccccc3Cl)cc21. The van der Waals surface area contributed by atoms with E-state index in [9.17, 15) is 4.79 Å². The number of nitrogens with zero attached hydrogens (tertiary/aromatic N) is 3. The maximum atomic E-state index is 12.9. The van der Waals surface area contributed by atoms with Crippen LogP contribution in [0.5, 0.6) is 5.75 Å². The summed E-state index contributed by atoms with van der Waals surface area (Å²) < 4.78 is 6.00. The number of benzene rings is 3. The van der Waals surface area contributed by atoms with Crippen molar-refractivity contribution in [2.75, 3.05) is 18.6 Å². The third kappa shape index (κ3) is 5.64. The summed E-state index contributed by atoms with van der Waals surface area (Å²) in [5.74, 6) is 7.11. The molecular formula is C28H22ClN5O2S. The number of nitrogens with one attached hydrogen (secondary N) is 2. The summed E-state index contributed by atoms with van der Waals surface area (Å²) in [6, 6.07) is 22.4. The molecule has 0 bridgehead atoms. The van der Waals surface area contributed by atoms with Crippen LogP contribution in [0.25, 0.3) is 0 Å². The molecule has 1 aliphatic rings. The monoisotopic (exact) mass is 527 g/mol. The van der Waals surface area contributed by atoms with E-state index in [0.717, 1.165) is 22.4 Å². The molecule has 0 unspecified atom stereocenters. The fourth-order valence-electron chi connectivity index (χ4n) is 3.87. The zero-order valence-corrected chi connectivity index (χ0v) is 21.4. The highest BCUT2D eigenvalue weighted by atomic mass is 35.5. The lowest BCUT2D eigenvalue weighted by Crippen LogP contribution is -2.48. The van der Waals surface area contributed by atoms with Gasteiger partial charge in [-0.05, 0) is 35.9 Å². The van der Waals surface area contributed by atoms with Gasteiger partial charge in [0.05, 0.1) is 10.7 Å². The van der Waals surface area contributed by atoms with E-state index in [1.165, 1.54) is 0 Å². The predicted octanol–water partition coefficient (Wildman–Crippen LogP) is 4.40. The summed E-state index contributed by atoms with van der Waals surface area (Å²) >= 11 is 11.9. The molecule has 3 aromatic carbocycles. The molecule has 184 valence electrons. The van der Waals surface area contributed by atoms with Crippen LogP contribution in [-0.2, 0) is 6.42 Å². The Morgan fingerprint density at radius 1 is 1.16 bits per heavy atom. The van der Waals surface area contributed by atoms with Crippen LogP contribution in [0.2, 0.25) is 5.02 Å². The zero-order valence-electron chi connectivity index (χ0n) is 19.9. The van der Waals surface area contributed by atoms with Crippen molar-refractivity contribution in [3.63, 3.8) is 0 Å². The number of likely N-dealkylation sites (N-methyl/N-ethyl adjacent to an activating group) is 1. The van der Waals surface area contributed by atoms with E-state index >= 15 is 0 Å². The second kappa shape index (κ2) is 10.8. The molecule has 0 aliphatic carbocycles. The van der Waals surface area contributed by atoms with Gasteiger partial charge in [-0.2, -0.15) is 0 Å². The first-order valence-corrected chi connectivity index (χ1v) is 12.3. The highest BCUT2D eigenvalue weighted by Gasteiger charge is 2.29. The Morgan fingerprint density at radius 3 is 2.76 bits per heavy atom. The van der Waals surface area contributed by atoms with E-state index in [0.29, 0.717) is 28.0 Å². The van der Waals surface area contributed by atoms with Crippen molar-refractivity contribution in [2.24, 2.45) is 0 Å². The molecule has 1 atom stereocenters. The summed E-state index contributed by atoms with van der Waals surface area (Å²) in [5, 5.41) is 10.4. The number of carbonyl (C=O) groups excluding carboxylic acids is 1. The van der Waals surface area contributed by atoms with Gasteiger partial charge in [-0.3, -0.25) is 9.89 Å². The molecule has 7 nitrogen and oxygen atoms in total. The van der Waals surface area contributed by atoms with Gasteiger partial charge < -0.3 is 15.0 Å². The van der Waals surface area contributed by atoms with Crippen LogP contribution in [0.15, 0.2) is 72.8 Å². The van der Waals surface area contributed by atoms with Crippen molar-refractivity contribution >= 4 is 40.4 Å². The first-order valence-electron chi connectivity index (χ1n) is 11.5. The van der Waals surface area contributed by atoms with Crippen molar-refractivity contribution in [2.45, 2.75) is 12.5 Å². The molecule has 9 heteroatoms. The van der Waals surface area contributed by atoms with Gasteiger partial charge in [-0.1, -0.05) is 78.1 Å². The van der Waals surface area contributed by atoms with Crippen LogP contribution in [-0.4, -0.2) is 45.8 Å². The van der Waals surface area contributed by atoms with Gasteiger partial charge in [0.1, 0.15) is 29.2 Å². The number of halogens is 1. The number of fused-ring (bicyclic) bond motifs is 1. The van der Waals surface area contributed by atoms with E-state index in [1.807, 2.05) is 78.7 Å². The summed E-state index contributed by atoms with van der Waals surface area (Å²) in [4.78, 5) is 19.6. The van der Waals surface area contributed by atoms with E-state index in [4.69, 9.17) is 28.6 Å². The lowest BCUT2D eigenvalue weighted by Gasteiger charge is -2.23. The Morgan fingerprint density at radius 2 is 1.95 bits per heavy atom. The van der Waals surface area contributed by atoms with Gasteiger partial charge >= 0.3 is 0 Å². The number of carbonyl (C=O) groups is 1. The first-order chi connectivity index (χ1) is 18.0. The van der Waals surface area contributed by atoms with Gasteiger partial charge in [0.2, 0.25) is 5.82 Å². The van der Waals surface area contributed by atoms with E-state index in [1.54, 1.807) is 6.07 Å². The summed E-state index contributed by atoms with van der Waals surface area (Å²) in [7, 11) is 1.84. The molecule has 2 heterocycles. The number of hydrogen-bond acceptors (Lipinski definition) is 5. The third-order valence-electron chi connectivity index (χ3n) is 5.82. The number of hydrogen-bond donors (Lipinski definition) is 2. The Kier molecular flexibility index (Phi) is 7.17. The number of H-pyrrole nitrogens is 1. The van der Waals surface area contributed by atoms with Crippen LogP contribution in [0, 0.1) is 11.8 Å². The summed E-state index contributed by atoms with van der Waals surface area (Å²) in [6.45, 7) is 0.174. The van der Waals surface area contributed by atoms with Crippen molar-refractivity contribution in [1.29, 1.82) is 0 Å². The third-order valence-corrected chi connectivity index (χ3v) is 6.71. The number of rotatable bonds is 4. The molecule has 0 saturated heterocycles. The van der Waals surface area contributed by atoms with Crippen molar-refractivity contribution < 1.29 is 9.53 Å². The second-order valence-electron chi connectivity index (χ2n) is 8.41. The van der Waals surface area contributed by atoms with Gasteiger partial charge in [0.25, 0.3) is 5.91 Å². The minimum Gasteiger partial charge on any atom is -0.489 e. The smallest absolute Gasteiger partial charge is 0.291 e. The summed E-state index contributed by atoms with van der Waals surface area (Å²) in [6.07, 6.45) is 0.547. The molecule has 2 N–H and O–H groups in total. The van der Waals surface area contributed by atoms with Crippen molar-refractivity contribution in [3.05, 3.63) is 106 Å². The fourth-order valence-corrected chi connectivity index (χ4v) is 4.28. The largest absolute Gasteiger partial charge is 0.489 e. The average Bonchev–Trinajstić information content (AvgIpc) is 3.35. The average molecular weight is 528 g/mol. The standard InChI is InChI=1S/C28H22ClN5O2S/c1-34-23-15-19(11-13-20-9-5-6-10-21(20)29)12-14-24(23)36-17-22(28(34)37)30-27(35)26-31-25(32-33-26)16-18-7-3-2-4-8-18/h2-10,12,14-15,22H,16-17H2,1H3,(H,30,35)(H,31,32,33)/t22-/m0/s1. The van der Waals surface area contributed by atoms with E-state index in [-0.39, 0.29) is 12.4 Å². The highest BCUT2D eigenvalue weighted by Crippen LogP contribution is 2.32. The molecule has 0 radical (unpaired) electrons. The van der Waals surface area contributed by atoms with Gasteiger partial charge in [-0.15, -0.1) is 5.10 Å². The van der Waals surface area contributed by atoms with E-state index in [2.05, 4.69) is 32.3 Å². The lowest BCUT2D eigenvalue weighted by atomic mass is 10.1. The lowest BCUT2D eigenvalue weighted by molar-refractivity contribution is 0.0927. The number of amides is 1. The van der Waals surface area contributed by atoms with E-state index < -0.39 is 11.9 Å². The van der Waals surface area contributed by atoms with Crippen LogP contribution >= 0.6 is 23.8 Å². The highest BCUT2D eigenvalue weighted by molar-refractivity contribution is 7.80. The predicted molar refractivity (Wildman–Crippen MR) is 147 cm³/mol. The van der Waals surface area contributed by atoms with Crippen molar-refractivity contribution in [1.82, 2.24) is 20.5 Å². The normalized spacial score (nSPS) is 14.6. The molecule has 0 saturated carbocycles. The molecule has 37 heavy (non-hydrogen) atoms. The van der Waals surface area contributed by atoms with Gasteiger partial charge in [-0.25, -0.2) is 4.98 Å². The van der Waals surface area contributed by atoms with Crippen LogP contribution in [0.4, 0.5) is 5.69 Å². The number of ether oxygens (including phenoxy) is 1. The fraction of sp³-hybridized carbons (Fsp3) is 0.143. The maximum Gasteiger partial charge on any atom is 0.291 e. The minimum absolute atomic E-state index is 0.0512. The Bertz CT molecular complexity index is 1530. The van der Waals surface area contributed by atoms with Crippen molar-refractivity contribution in [3.8, 4) is 17.6 Å². The van der Waals surface area contributed by atoms with Crippen LogP contribution in [0.3, 0.4) is 0 Å². The topological polar surface area (TPSA) is 83.1 Å². The molecule has 4 aromatic rings. The molecular weight excluding hydrogens is 506 g/mol. The minimum atomic E-state index is -0.548. The number of thiocarbonyl (C=S) groups is 1. The second-order valence-corrected chi connectivity index (χ2v) is 9.24. The molecule has 1 aromatic heterocycles. The molecule has 5 rings (SSSR count). The Balaban J connectivity index is 1.28. The van der Waals surface area contributed by atoms with Gasteiger partial charge in [0.15, 0.2) is 0 Å². The van der Waals surface area contributed by atoms with Crippen LogP contribution < -0.4 is 15.0 Å². The molecule has 1 amide bonds. The Hall–Kier alpha value is -4.19. The first kappa shape index (κ1) is 24.5. The zero-order chi connectivity index (χ0) is 25.8. The Labute approximate surface area is 224 Å². The summed E-state index contributed by atoms with van der Waals surface area (Å²) in [5.41, 5.74) is 3.36.